The van der Waals surface area contributed by atoms with Gasteiger partial charge in [-0.2, -0.15) is 0 Å². The molecule has 0 saturated heterocycles. The standard InChI is InChI=1S/C14H17BrN4O/c1-4-5-11-17-13(19-18-11)14(20)16-10-6-8(2)12(15)9(3)7-10/h6-7H,4-5H2,1-3H3,(H,16,20)(H,17,18,19). The monoisotopic (exact) mass is 336 g/mol. The summed E-state index contributed by atoms with van der Waals surface area (Å²) in [6.45, 7) is 6.02. The molecule has 5 nitrogen and oxygen atoms in total. The summed E-state index contributed by atoms with van der Waals surface area (Å²) in [5.41, 5.74) is 2.89. The minimum absolute atomic E-state index is 0.173. The Morgan fingerprint density at radius 1 is 1.35 bits per heavy atom. The van der Waals surface area contributed by atoms with Crippen LogP contribution in [0, 0.1) is 13.8 Å². The SMILES string of the molecule is CCCc1nc(C(=O)Nc2cc(C)c(Br)c(C)c2)n[nH]1. The van der Waals surface area contributed by atoms with Crippen LogP contribution in [-0.2, 0) is 6.42 Å². The summed E-state index contributed by atoms with van der Waals surface area (Å²) in [6.07, 6.45) is 1.75. The Kier molecular flexibility index (Phi) is 4.54. The highest BCUT2D eigenvalue weighted by Crippen LogP contribution is 2.25. The van der Waals surface area contributed by atoms with Gasteiger partial charge in [0, 0.05) is 16.6 Å². The highest BCUT2D eigenvalue weighted by Gasteiger charge is 2.13. The van der Waals surface area contributed by atoms with Gasteiger partial charge in [-0.3, -0.25) is 9.89 Å². The van der Waals surface area contributed by atoms with Crippen LogP contribution in [0.1, 0.15) is 40.9 Å². The van der Waals surface area contributed by atoms with Crippen molar-refractivity contribution >= 4 is 27.5 Å². The molecule has 0 saturated carbocycles. The van der Waals surface area contributed by atoms with Gasteiger partial charge in [0.05, 0.1) is 0 Å². The van der Waals surface area contributed by atoms with E-state index in [4.69, 9.17) is 0 Å². The lowest BCUT2D eigenvalue weighted by Gasteiger charge is -2.08. The Labute approximate surface area is 126 Å². The molecule has 2 N–H and O–H groups in total. The first-order chi connectivity index (χ1) is 9.51. The predicted octanol–water partition coefficient (Wildman–Crippen LogP) is 3.39. The number of halogens is 1. The maximum Gasteiger partial charge on any atom is 0.295 e. The van der Waals surface area contributed by atoms with Crippen molar-refractivity contribution in [1.29, 1.82) is 0 Å². The number of H-pyrrole nitrogens is 1. The Bertz CT molecular complexity index is 613. The summed E-state index contributed by atoms with van der Waals surface area (Å²) in [5, 5.41) is 9.53. The predicted molar refractivity (Wildman–Crippen MR) is 81.9 cm³/mol. The molecule has 0 bridgehead atoms. The fourth-order valence-corrected chi connectivity index (χ4v) is 2.18. The van der Waals surface area contributed by atoms with Crippen molar-refractivity contribution in [3.05, 3.63) is 39.4 Å². The number of aromatic amines is 1. The quantitative estimate of drug-likeness (QED) is 0.898. The van der Waals surface area contributed by atoms with Gasteiger partial charge in [0.1, 0.15) is 5.82 Å². The van der Waals surface area contributed by atoms with Crippen molar-refractivity contribution in [1.82, 2.24) is 15.2 Å². The molecule has 0 aliphatic carbocycles. The zero-order valence-electron chi connectivity index (χ0n) is 11.7. The second-order valence-corrected chi connectivity index (χ2v) is 5.53. The lowest BCUT2D eigenvalue weighted by Crippen LogP contribution is -2.14. The third-order valence-electron chi connectivity index (χ3n) is 2.92. The van der Waals surface area contributed by atoms with Crippen LogP contribution in [0.3, 0.4) is 0 Å². The molecular weight excluding hydrogens is 320 g/mol. The largest absolute Gasteiger partial charge is 0.319 e. The molecule has 0 fully saturated rings. The number of nitrogens with zero attached hydrogens (tertiary/aromatic N) is 2. The van der Waals surface area contributed by atoms with Gasteiger partial charge < -0.3 is 5.32 Å². The number of aromatic nitrogens is 3. The molecule has 20 heavy (non-hydrogen) atoms. The molecule has 0 spiro atoms. The zero-order chi connectivity index (χ0) is 14.7. The van der Waals surface area contributed by atoms with Crippen LogP contribution in [0.15, 0.2) is 16.6 Å². The van der Waals surface area contributed by atoms with Crippen LogP contribution >= 0.6 is 15.9 Å². The van der Waals surface area contributed by atoms with Gasteiger partial charge in [-0.1, -0.05) is 22.9 Å². The van der Waals surface area contributed by atoms with Crippen molar-refractivity contribution in [2.75, 3.05) is 5.32 Å². The van der Waals surface area contributed by atoms with E-state index < -0.39 is 0 Å². The summed E-state index contributed by atoms with van der Waals surface area (Å²) in [4.78, 5) is 16.2. The summed E-state index contributed by atoms with van der Waals surface area (Å²) in [6, 6.07) is 3.82. The van der Waals surface area contributed by atoms with Gasteiger partial charge >= 0.3 is 0 Å². The summed E-state index contributed by atoms with van der Waals surface area (Å²) < 4.78 is 1.05. The van der Waals surface area contributed by atoms with Crippen molar-refractivity contribution in [3.8, 4) is 0 Å². The maximum atomic E-state index is 12.1. The van der Waals surface area contributed by atoms with Crippen molar-refractivity contribution < 1.29 is 4.79 Å². The molecule has 1 aromatic heterocycles. The Morgan fingerprint density at radius 3 is 2.60 bits per heavy atom. The van der Waals surface area contributed by atoms with Gasteiger partial charge in [-0.05, 0) is 43.5 Å². The Balaban J connectivity index is 2.14. The van der Waals surface area contributed by atoms with Crippen molar-refractivity contribution in [2.24, 2.45) is 0 Å². The van der Waals surface area contributed by atoms with E-state index in [9.17, 15) is 4.79 Å². The fraction of sp³-hybridized carbons (Fsp3) is 0.357. The minimum Gasteiger partial charge on any atom is -0.319 e. The number of anilines is 1. The van der Waals surface area contributed by atoms with E-state index in [2.05, 4.69) is 43.4 Å². The summed E-state index contributed by atoms with van der Waals surface area (Å²) in [5.74, 6) is 0.609. The molecular formula is C14H17BrN4O. The Hall–Kier alpha value is -1.69. The van der Waals surface area contributed by atoms with Crippen LogP contribution in [0.25, 0.3) is 0 Å². The van der Waals surface area contributed by atoms with Gasteiger partial charge in [0.25, 0.3) is 5.91 Å². The van der Waals surface area contributed by atoms with E-state index in [1.54, 1.807) is 0 Å². The zero-order valence-corrected chi connectivity index (χ0v) is 13.3. The first-order valence-electron chi connectivity index (χ1n) is 6.50. The van der Waals surface area contributed by atoms with Gasteiger partial charge in [-0.15, -0.1) is 5.10 Å². The number of carbonyl (C=O) groups excluding carboxylic acids is 1. The van der Waals surface area contributed by atoms with E-state index >= 15 is 0 Å². The first-order valence-corrected chi connectivity index (χ1v) is 7.30. The molecule has 1 aromatic carbocycles. The lowest BCUT2D eigenvalue weighted by molar-refractivity contribution is 0.101. The highest BCUT2D eigenvalue weighted by atomic mass is 79.9. The van der Waals surface area contributed by atoms with Crippen LogP contribution in [0.4, 0.5) is 5.69 Å². The van der Waals surface area contributed by atoms with Gasteiger partial charge in [-0.25, -0.2) is 4.98 Å². The van der Waals surface area contributed by atoms with E-state index in [1.807, 2.05) is 26.0 Å². The number of amides is 1. The molecule has 0 aliphatic heterocycles. The maximum absolute atomic E-state index is 12.1. The second-order valence-electron chi connectivity index (χ2n) is 4.73. The molecule has 2 aromatic rings. The lowest BCUT2D eigenvalue weighted by atomic mass is 10.1. The molecule has 106 valence electrons. The first kappa shape index (κ1) is 14.7. The number of benzene rings is 1. The normalized spacial score (nSPS) is 10.6. The van der Waals surface area contributed by atoms with Crippen LogP contribution in [0.5, 0.6) is 0 Å². The average Bonchev–Trinajstić information content (AvgIpc) is 2.85. The van der Waals surface area contributed by atoms with E-state index in [-0.39, 0.29) is 11.7 Å². The summed E-state index contributed by atoms with van der Waals surface area (Å²) >= 11 is 3.50. The molecule has 0 aliphatic rings. The molecule has 1 heterocycles. The smallest absolute Gasteiger partial charge is 0.295 e. The number of hydrogen-bond acceptors (Lipinski definition) is 3. The van der Waals surface area contributed by atoms with Gasteiger partial charge in [0.2, 0.25) is 5.82 Å². The van der Waals surface area contributed by atoms with E-state index in [1.165, 1.54) is 0 Å². The summed E-state index contributed by atoms with van der Waals surface area (Å²) in [7, 11) is 0. The molecule has 2 rings (SSSR count). The molecule has 6 heteroatoms. The molecule has 0 unspecified atom stereocenters. The number of hydrogen-bond donors (Lipinski definition) is 2. The third kappa shape index (κ3) is 3.25. The fourth-order valence-electron chi connectivity index (χ4n) is 1.95. The minimum atomic E-state index is -0.301. The number of carbonyl (C=O) groups is 1. The topological polar surface area (TPSA) is 70.7 Å². The van der Waals surface area contributed by atoms with Crippen LogP contribution in [-0.4, -0.2) is 21.1 Å². The third-order valence-corrected chi connectivity index (χ3v) is 4.17. The van der Waals surface area contributed by atoms with Crippen molar-refractivity contribution in [3.63, 3.8) is 0 Å². The average molecular weight is 337 g/mol. The van der Waals surface area contributed by atoms with Crippen molar-refractivity contribution in [2.45, 2.75) is 33.6 Å². The second kappa shape index (κ2) is 6.17. The van der Waals surface area contributed by atoms with E-state index in [0.29, 0.717) is 0 Å². The number of aryl methyl sites for hydroxylation is 3. The van der Waals surface area contributed by atoms with Crippen LogP contribution < -0.4 is 5.32 Å². The molecule has 0 radical (unpaired) electrons. The highest BCUT2D eigenvalue weighted by molar-refractivity contribution is 9.10. The van der Waals surface area contributed by atoms with Gasteiger partial charge in [0.15, 0.2) is 0 Å². The molecule has 1 amide bonds. The van der Waals surface area contributed by atoms with Crippen LogP contribution in [0.2, 0.25) is 0 Å². The Morgan fingerprint density at radius 2 is 2.00 bits per heavy atom. The van der Waals surface area contributed by atoms with E-state index in [0.717, 1.165) is 40.0 Å². The number of nitrogens with one attached hydrogen (secondary N) is 2. The molecule has 0 atom stereocenters. The number of rotatable bonds is 4.